The summed E-state index contributed by atoms with van der Waals surface area (Å²) in [6.45, 7) is 3.27. The number of hydrogen-bond acceptors (Lipinski definition) is 3. The smallest absolute Gasteiger partial charge is 0.237 e. The molecule has 3 nitrogen and oxygen atoms in total. The third-order valence-corrected chi connectivity index (χ3v) is 5.00. The van der Waals surface area contributed by atoms with Gasteiger partial charge in [0.2, 0.25) is 5.91 Å². The van der Waals surface area contributed by atoms with Crippen LogP contribution in [0.1, 0.15) is 18.1 Å². The molecule has 2 aromatic rings. The van der Waals surface area contributed by atoms with Crippen LogP contribution in [0.5, 0.6) is 0 Å². The van der Waals surface area contributed by atoms with Crippen molar-refractivity contribution in [2.45, 2.75) is 30.0 Å². The summed E-state index contributed by atoms with van der Waals surface area (Å²) in [6.07, 6.45) is 0.652. The van der Waals surface area contributed by atoms with Crippen LogP contribution < -0.4 is 10.6 Å². The Balaban J connectivity index is 0.00000208. The van der Waals surface area contributed by atoms with E-state index in [0.717, 1.165) is 17.0 Å². The highest BCUT2D eigenvalue weighted by Crippen LogP contribution is 2.27. The topological polar surface area (TPSA) is 41.1 Å². The largest absolute Gasteiger partial charge is 0.323 e. The van der Waals surface area contributed by atoms with Gasteiger partial charge in [0.15, 0.2) is 0 Å². The van der Waals surface area contributed by atoms with Gasteiger partial charge in [0.05, 0.1) is 10.9 Å². The molecule has 0 spiro atoms. The van der Waals surface area contributed by atoms with Gasteiger partial charge in [-0.05, 0) is 49.2 Å². The zero-order valence-corrected chi connectivity index (χ0v) is 15.0. The third-order valence-electron chi connectivity index (χ3n) is 3.89. The summed E-state index contributed by atoms with van der Waals surface area (Å²) in [7, 11) is 0. The SMILES string of the molecule is CC(Sc1ccccc1)C(=O)Nc1ccc2c(c1F)CCNC2.Cl. The average molecular weight is 367 g/mol. The van der Waals surface area contributed by atoms with Gasteiger partial charge in [-0.15, -0.1) is 24.2 Å². The Labute approximate surface area is 151 Å². The van der Waals surface area contributed by atoms with Crippen LogP contribution in [0.4, 0.5) is 10.1 Å². The number of amides is 1. The predicted molar refractivity (Wildman–Crippen MR) is 99.4 cm³/mol. The number of benzene rings is 2. The van der Waals surface area contributed by atoms with Crippen molar-refractivity contribution in [2.24, 2.45) is 0 Å². The molecule has 0 aromatic heterocycles. The van der Waals surface area contributed by atoms with Gasteiger partial charge in [0, 0.05) is 11.4 Å². The van der Waals surface area contributed by atoms with Crippen LogP contribution in [0.15, 0.2) is 47.4 Å². The van der Waals surface area contributed by atoms with Crippen LogP contribution >= 0.6 is 24.2 Å². The molecule has 0 saturated carbocycles. The average Bonchev–Trinajstić information content (AvgIpc) is 2.58. The van der Waals surface area contributed by atoms with E-state index in [9.17, 15) is 9.18 Å². The molecular weight excluding hydrogens is 347 g/mol. The summed E-state index contributed by atoms with van der Waals surface area (Å²) < 4.78 is 14.6. The molecule has 0 bridgehead atoms. The van der Waals surface area contributed by atoms with Gasteiger partial charge >= 0.3 is 0 Å². The van der Waals surface area contributed by atoms with Crippen LogP contribution in [0.25, 0.3) is 0 Å². The first kappa shape index (κ1) is 18.8. The maximum atomic E-state index is 14.6. The van der Waals surface area contributed by atoms with Crippen LogP contribution in [-0.2, 0) is 17.8 Å². The highest BCUT2D eigenvalue weighted by molar-refractivity contribution is 8.00. The Kier molecular flexibility index (Phi) is 6.66. The Morgan fingerprint density at radius 3 is 2.75 bits per heavy atom. The number of rotatable bonds is 4. The number of anilines is 1. The Morgan fingerprint density at radius 1 is 1.25 bits per heavy atom. The molecule has 3 rings (SSSR count). The van der Waals surface area contributed by atoms with Crippen molar-refractivity contribution in [3.05, 3.63) is 59.4 Å². The summed E-state index contributed by atoms with van der Waals surface area (Å²) in [6, 6.07) is 13.3. The van der Waals surface area contributed by atoms with Gasteiger partial charge in [0.1, 0.15) is 5.82 Å². The predicted octanol–water partition coefficient (Wildman–Crippen LogP) is 4.01. The van der Waals surface area contributed by atoms with E-state index in [2.05, 4.69) is 10.6 Å². The van der Waals surface area contributed by atoms with E-state index in [4.69, 9.17) is 0 Å². The molecule has 0 radical (unpaired) electrons. The van der Waals surface area contributed by atoms with E-state index in [0.29, 0.717) is 18.5 Å². The summed E-state index contributed by atoms with van der Waals surface area (Å²) in [5.41, 5.74) is 1.96. The molecule has 24 heavy (non-hydrogen) atoms. The minimum absolute atomic E-state index is 0. The lowest BCUT2D eigenvalue weighted by Gasteiger charge is -2.20. The second kappa shape index (κ2) is 8.51. The Morgan fingerprint density at radius 2 is 2.00 bits per heavy atom. The molecule has 1 heterocycles. The minimum atomic E-state index is -0.297. The van der Waals surface area contributed by atoms with Gasteiger partial charge in [-0.1, -0.05) is 24.3 Å². The molecule has 0 saturated heterocycles. The van der Waals surface area contributed by atoms with Crippen LogP contribution in [-0.4, -0.2) is 17.7 Å². The molecule has 2 N–H and O–H groups in total. The first-order chi connectivity index (χ1) is 11.1. The van der Waals surface area contributed by atoms with Gasteiger partial charge in [-0.3, -0.25) is 4.79 Å². The fourth-order valence-electron chi connectivity index (χ4n) is 2.62. The number of carbonyl (C=O) groups is 1. The normalized spacial score (nSPS) is 14.2. The molecule has 128 valence electrons. The first-order valence-electron chi connectivity index (χ1n) is 7.68. The summed E-state index contributed by atoms with van der Waals surface area (Å²) in [5.74, 6) is -0.485. The lowest BCUT2D eigenvalue weighted by Crippen LogP contribution is -2.26. The van der Waals surface area contributed by atoms with Crippen molar-refractivity contribution >= 4 is 35.8 Å². The van der Waals surface area contributed by atoms with E-state index in [1.807, 2.05) is 43.3 Å². The molecule has 1 aliphatic rings. The number of fused-ring (bicyclic) bond motifs is 1. The molecule has 1 aliphatic heterocycles. The minimum Gasteiger partial charge on any atom is -0.323 e. The second-order valence-electron chi connectivity index (χ2n) is 5.55. The molecule has 1 atom stereocenters. The fourth-order valence-corrected chi connectivity index (χ4v) is 3.51. The molecule has 0 aliphatic carbocycles. The molecule has 6 heteroatoms. The molecule has 1 unspecified atom stereocenters. The van der Waals surface area contributed by atoms with Crippen LogP contribution in [0, 0.1) is 5.82 Å². The van der Waals surface area contributed by atoms with Gasteiger partial charge in [-0.2, -0.15) is 0 Å². The maximum absolute atomic E-state index is 14.6. The Hall–Kier alpha value is -1.56. The zero-order chi connectivity index (χ0) is 16.2. The number of halogens is 2. The summed E-state index contributed by atoms with van der Waals surface area (Å²) >= 11 is 1.46. The second-order valence-corrected chi connectivity index (χ2v) is 6.97. The fraction of sp³-hybridized carbons (Fsp3) is 0.278. The van der Waals surface area contributed by atoms with E-state index in [1.54, 1.807) is 6.07 Å². The monoisotopic (exact) mass is 366 g/mol. The van der Waals surface area contributed by atoms with Gasteiger partial charge in [0.25, 0.3) is 0 Å². The standard InChI is InChI=1S/C18H19FN2OS.ClH/c1-12(23-14-5-3-2-4-6-14)18(22)21-16-8-7-13-11-20-10-9-15(13)17(16)19;/h2-8,12,20H,9-11H2,1H3,(H,21,22);1H. The maximum Gasteiger partial charge on any atom is 0.237 e. The lowest BCUT2D eigenvalue weighted by atomic mass is 9.99. The molecular formula is C18H20ClFN2OS. The van der Waals surface area contributed by atoms with Crippen LogP contribution in [0.2, 0.25) is 0 Å². The highest BCUT2D eigenvalue weighted by atomic mass is 35.5. The zero-order valence-electron chi connectivity index (χ0n) is 13.3. The Bertz CT molecular complexity index is 712. The van der Waals surface area contributed by atoms with Crippen molar-refractivity contribution in [2.75, 3.05) is 11.9 Å². The van der Waals surface area contributed by atoms with E-state index in [-0.39, 0.29) is 35.1 Å². The van der Waals surface area contributed by atoms with Crippen molar-refractivity contribution in [3.63, 3.8) is 0 Å². The number of nitrogens with one attached hydrogen (secondary N) is 2. The van der Waals surface area contributed by atoms with Crippen molar-refractivity contribution in [3.8, 4) is 0 Å². The third kappa shape index (κ3) is 4.29. The van der Waals surface area contributed by atoms with Gasteiger partial charge < -0.3 is 10.6 Å². The van der Waals surface area contributed by atoms with E-state index >= 15 is 0 Å². The van der Waals surface area contributed by atoms with Crippen molar-refractivity contribution < 1.29 is 9.18 Å². The quantitative estimate of drug-likeness (QED) is 0.803. The summed E-state index contributed by atoms with van der Waals surface area (Å²) in [5, 5.41) is 5.64. The highest BCUT2D eigenvalue weighted by Gasteiger charge is 2.20. The van der Waals surface area contributed by atoms with Crippen molar-refractivity contribution in [1.29, 1.82) is 0 Å². The molecule has 0 fully saturated rings. The number of thioether (sulfide) groups is 1. The van der Waals surface area contributed by atoms with E-state index in [1.165, 1.54) is 11.8 Å². The molecule has 1 amide bonds. The first-order valence-corrected chi connectivity index (χ1v) is 8.56. The van der Waals surface area contributed by atoms with Gasteiger partial charge in [-0.25, -0.2) is 4.39 Å². The number of carbonyl (C=O) groups excluding carboxylic acids is 1. The molecule has 2 aromatic carbocycles. The van der Waals surface area contributed by atoms with E-state index < -0.39 is 0 Å². The summed E-state index contributed by atoms with van der Waals surface area (Å²) in [4.78, 5) is 13.3. The lowest BCUT2D eigenvalue weighted by molar-refractivity contribution is -0.115. The van der Waals surface area contributed by atoms with Crippen LogP contribution in [0.3, 0.4) is 0 Å². The number of hydrogen-bond donors (Lipinski definition) is 2. The van der Waals surface area contributed by atoms with Crippen molar-refractivity contribution in [1.82, 2.24) is 5.32 Å².